The van der Waals surface area contributed by atoms with Crippen molar-refractivity contribution < 1.29 is 14.6 Å². The molecule has 0 spiro atoms. The summed E-state index contributed by atoms with van der Waals surface area (Å²) in [7, 11) is 0. The highest BCUT2D eigenvalue weighted by Crippen LogP contribution is 2.50. The van der Waals surface area contributed by atoms with E-state index in [2.05, 4.69) is 122 Å². The van der Waals surface area contributed by atoms with E-state index in [9.17, 15) is 20.9 Å². The summed E-state index contributed by atoms with van der Waals surface area (Å²) in [5.74, 6) is 1.73. The predicted octanol–water partition coefficient (Wildman–Crippen LogP) is 11.8. The number of fused-ring (bicyclic) bond motifs is 1. The minimum absolute atomic E-state index is 0.0141. The van der Waals surface area contributed by atoms with Crippen LogP contribution in [0.4, 0.5) is 5.69 Å². The zero-order valence-electron chi connectivity index (χ0n) is 34.5. The lowest BCUT2D eigenvalue weighted by Gasteiger charge is -2.36. The normalized spacial score (nSPS) is 19.9. The first-order valence-electron chi connectivity index (χ1n) is 19.8. The number of hydrogen-bond acceptors (Lipinski definition) is 7. The molecule has 8 heteroatoms. The first-order chi connectivity index (χ1) is 27.6. The van der Waals surface area contributed by atoms with Crippen molar-refractivity contribution in [2.24, 2.45) is 11.3 Å². The van der Waals surface area contributed by atoms with Crippen LogP contribution in [0.25, 0.3) is 0 Å². The Bertz CT molecular complexity index is 2370. The van der Waals surface area contributed by atoms with Crippen LogP contribution >= 0.6 is 15.9 Å². The Labute approximate surface area is 352 Å². The molecule has 0 amide bonds. The van der Waals surface area contributed by atoms with Crippen molar-refractivity contribution in [3.63, 3.8) is 0 Å². The van der Waals surface area contributed by atoms with Gasteiger partial charge in [0.2, 0.25) is 0 Å². The van der Waals surface area contributed by atoms with Crippen molar-refractivity contribution in [3.8, 4) is 24.0 Å². The first kappa shape index (κ1) is 42.0. The van der Waals surface area contributed by atoms with Gasteiger partial charge in [-0.25, -0.2) is 0 Å². The highest BCUT2D eigenvalue weighted by atomic mass is 79.9. The fourth-order valence-electron chi connectivity index (χ4n) is 8.08. The Morgan fingerprint density at radius 1 is 0.914 bits per heavy atom. The lowest BCUT2D eigenvalue weighted by Crippen LogP contribution is -2.27. The minimum Gasteiger partial charge on any atom is -0.480 e. The Hall–Kier alpha value is -5.59. The number of aliphatic hydroxyl groups is 1. The van der Waals surface area contributed by atoms with Crippen LogP contribution in [0.3, 0.4) is 0 Å². The van der Waals surface area contributed by atoms with Crippen LogP contribution in [0.5, 0.6) is 5.75 Å². The van der Waals surface area contributed by atoms with Gasteiger partial charge in [0.25, 0.3) is 0 Å². The molecule has 0 saturated carbocycles. The molecular weight excluding hydrogens is 784 g/mol. The SMILES string of the molecule is CC1(C)OC(=C(C#N)C#N)C(C#N)=C1/C=C/C1=C(Oc2ccc(CCCO)cc2)C(=C/C=C2/N(Cc3ccc(Br)cc3)c3ccccc3C2(C)C)/CC(C(C)(C)C)C1. The number of halogens is 1. The molecule has 3 aliphatic rings. The third kappa shape index (κ3) is 8.78. The Balaban J connectivity index is 1.53. The summed E-state index contributed by atoms with van der Waals surface area (Å²) < 4.78 is 14.1. The summed E-state index contributed by atoms with van der Waals surface area (Å²) in [6.07, 6.45) is 11.4. The maximum Gasteiger partial charge on any atom is 0.172 e. The number of allylic oxidation sites excluding steroid dienone is 8. The average molecular weight is 836 g/mol. The largest absolute Gasteiger partial charge is 0.480 e. The number of para-hydroxylation sites is 1. The molecule has 0 fully saturated rings. The number of benzene rings is 3. The van der Waals surface area contributed by atoms with Gasteiger partial charge in [-0.1, -0.05) is 111 Å². The average Bonchev–Trinajstić information content (AvgIpc) is 3.57. The van der Waals surface area contributed by atoms with E-state index in [4.69, 9.17) is 9.47 Å². The molecule has 0 radical (unpaired) electrons. The Morgan fingerprint density at radius 3 is 2.22 bits per heavy atom. The van der Waals surface area contributed by atoms with E-state index in [1.54, 1.807) is 0 Å². The number of nitriles is 3. The Kier molecular flexibility index (Phi) is 12.4. The zero-order chi connectivity index (χ0) is 41.8. The maximum absolute atomic E-state index is 10.3. The van der Waals surface area contributed by atoms with E-state index in [1.807, 2.05) is 62.4 Å². The second-order valence-corrected chi connectivity index (χ2v) is 18.2. The fourth-order valence-corrected chi connectivity index (χ4v) is 8.34. The van der Waals surface area contributed by atoms with Crippen LogP contribution in [0.1, 0.15) is 84.4 Å². The van der Waals surface area contributed by atoms with E-state index >= 15 is 0 Å². The molecular formula is C50H51BrN4O3. The lowest BCUT2D eigenvalue weighted by molar-refractivity contribution is 0.0954. The van der Waals surface area contributed by atoms with Gasteiger partial charge >= 0.3 is 0 Å². The third-order valence-corrected chi connectivity index (χ3v) is 12.0. The van der Waals surface area contributed by atoms with Crippen LogP contribution in [0, 0.1) is 45.3 Å². The van der Waals surface area contributed by atoms with Gasteiger partial charge < -0.3 is 19.5 Å². The number of rotatable bonds is 10. The van der Waals surface area contributed by atoms with Crippen LogP contribution < -0.4 is 9.64 Å². The zero-order valence-corrected chi connectivity index (χ0v) is 36.1. The summed E-state index contributed by atoms with van der Waals surface area (Å²) in [6, 6.07) is 31.2. The minimum atomic E-state index is -0.954. The number of hydrogen-bond donors (Lipinski definition) is 1. The van der Waals surface area contributed by atoms with Crippen molar-refractivity contribution in [1.82, 2.24) is 0 Å². The van der Waals surface area contributed by atoms with Gasteiger partial charge in [0, 0.05) is 40.0 Å². The van der Waals surface area contributed by atoms with Gasteiger partial charge in [0.05, 0.1) is 0 Å². The highest BCUT2D eigenvalue weighted by Gasteiger charge is 2.41. The van der Waals surface area contributed by atoms with Gasteiger partial charge in [-0.2, -0.15) is 15.8 Å². The van der Waals surface area contributed by atoms with E-state index in [0.29, 0.717) is 24.3 Å². The molecule has 3 aromatic rings. The summed E-state index contributed by atoms with van der Waals surface area (Å²) in [4.78, 5) is 2.43. The molecule has 1 aliphatic carbocycles. The molecule has 3 aromatic carbocycles. The van der Waals surface area contributed by atoms with Gasteiger partial charge in [-0.15, -0.1) is 0 Å². The molecule has 0 saturated heterocycles. The smallest absolute Gasteiger partial charge is 0.172 e. The van der Waals surface area contributed by atoms with E-state index < -0.39 is 5.60 Å². The van der Waals surface area contributed by atoms with Crippen molar-refractivity contribution in [2.75, 3.05) is 11.5 Å². The van der Waals surface area contributed by atoms with Gasteiger partial charge in [0.1, 0.15) is 40.9 Å². The summed E-state index contributed by atoms with van der Waals surface area (Å²) in [5.41, 5.74) is 7.29. The molecule has 0 bridgehead atoms. The molecule has 7 nitrogen and oxygen atoms in total. The molecule has 296 valence electrons. The van der Waals surface area contributed by atoms with E-state index in [0.717, 1.165) is 46.2 Å². The Morgan fingerprint density at radius 2 is 1.59 bits per heavy atom. The quantitative estimate of drug-likeness (QED) is 0.202. The van der Waals surface area contributed by atoms with Crippen molar-refractivity contribution in [2.45, 2.75) is 91.7 Å². The summed E-state index contributed by atoms with van der Waals surface area (Å²) in [6.45, 7) is 15.9. The van der Waals surface area contributed by atoms with Gasteiger partial charge in [0.15, 0.2) is 11.3 Å². The van der Waals surface area contributed by atoms with Crippen LogP contribution in [0.15, 0.2) is 147 Å². The number of nitrogens with zero attached hydrogens (tertiary/aromatic N) is 4. The monoisotopic (exact) mass is 834 g/mol. The van der Waals surface area contributed by atoms with Crippen LogP contribution in [-0.2, 0) is 23.1 Å². The molecule has 2 heterocycles. The number of ether oxygens (including phenoxy) is 2. The topological polar surface area (TPSA) is 113 Å². The predicted molar refractivity (Wildman–Crippen MR) is 233 cm³/mol. The van der Waals surface area contributed by atoms with Crippen LogP contribution in [0.2, 0.25) is 0 Å². The lowest BCUT2D eigenvalue weighted by atomic mass is 9.70. The molecule has 1 N–H and O–H groups in total. The highest BCUT2D eigenvalue weighted by molar-refractivity contribution is 9.10. The summed E-state index contributed by atoms with van der Waals surface area (Å²) >= 11 is 3.59. The number of aliphatic hydroxyl groups excluding tert-OH is 1. The summed E-state index contributed by atoms with van der Waals surface area (Å²) in [5, 5.41) is 39.0. The molecule has 58 heavy (non-hydrogen) atoms. The maximum atomic E-state index is 10.3. The molecule has 6 rings (SSSR count). The first-order valence-corrected chi connectivity index (χ1v) is 20.6. The van der Waals surface area contributed by atoms with E-state index in [-0.39, 0.29) is 40.3 Å². The molecule has 0 aromatic heterocycles. The fraction of sp³-hybridized carbons (Fsp3) is 0.340. The molecule has 1 atom stereocenters. The van der Waals surface area contributed by atoms with Gasteiger partial charge in [-0.3, -0.25) is 0 Å². The van der Waals surface area contributed by atoms with Crippen LogP contribution in [-0.4, -0.2) is 17.3 Å². The standard InChI is InChI=1S/C50H51BrN4O3/c1-48(2,3)38-27-35(18-24-42-41(31-54)47(37(29-52)30-53)58-50(42,6)7)46(57-40-22-16-33(17-23-40)11-10-26-56)36(28-38)19-25-45-49(4,5)43-12-8-9-13-44(43)55(45)32-34-14-20-39(51)21-15-34/h8-9,12-25,38,56H,10-11,26-28,32H2,1-7H3/b24-18+,36-19+,45-25+. The van der Waals surface area contributed by atoms with Crippen molar-refractivity contribution >= 4 is 21.6 Å². The molecule has 2 aliphatic heterocycles. The number of anilines is 1. The van der Waals surface area contributed by atoms with Gasteiger partial charge in [-0.05, 0) is 115 Å². The molecule has 1 unspecified atom stereocenters. The van der Waals surface area contributed by atoms with E-state index in [1.165, 1.54) is 22.5 Å². The second-order valence-electron chi connectivity index (χ2n) is 17.3. The second kappa shape index (κ2) is 17.1. The van der Waals surface area contributed by atoms with Crippen molar-refractivity contribution in [3.05, 3.63) is 163 Å². The van der Waals surface area contributed by atoms with Crippen molar-refractivity contribution in [1.29, 1.82) is 15.8 Å². The third-order valence-electron chi connectivity index (χ3n) is 11.5. The number of aryl methyl sites for hydroxylation is 1.